The molecule has 2 heterocycles. The first kappa shape index (κ1) is 18.1. The van der Waals surface area contributed by atoms with E-state index in [-0.39, 0.29) is 11.3 Å². The third-order valence-corrected chi connectivity index (χ3v) is 9.58. The lowest BCUT2D eigenvalue weighted by Gasteiger charge is -2.29. The van der Waals surface area contributed by atoms with Crippen LogP contribution in [0.2, 0.25) is 0 Å². The van der Waals surface area contributed by atoms with Gasteiger partial charge in [-0.25, -0.2) is 8.42 Å². The fourth-order valence-corrected chi connectivity index (χ4v) is 7.64. The van der Waals surface area contributed by atoms with Crippen molar-refractivity contribution >= 4 is 10.0 Å². The minimum absolute atomic E-state index is 0.0173. The van der Waals surface area contributed by atoms with Gasteiger partial charge in [0, 0.05) is 25.0 Å². The predicted molar refractivity (Wildman–Crippen MR) is 109 cm³/mol. The second-order valence-electron chi connectivity index (χ2n) is 9.53. The zero-order valence-corrected chi connectivity index (χ0v) is 17.6. The molecule has 1 saturated heterocycles. The van der Waals surface area contributed by atoms with Crippen LogP contribution in [0.1, 0.15) is 73.9 Å². The summed E-state index contributed by atoms with van der Waals surface area (Å²) in [6.45, 7) is 1.15. The van der Waals surface area contributed by atoms with Gasteiger partial charge in [0.1, 0.15) is 12.2 Å². The van der Waals surface area contributed by atoms with E-state index < -0.39 is 10.0 Å². The van der Waals surface area contributed by atoms with Gasteiger partial charge >= 0.3 is 0 Å². The molecule has 1 spiro atoms. The number of benzene rings is 1. The molecule has 4 aliphatic rings. The van der Waals surface area contributed by atoms with E-state index in [4.69, 9.17) is 0 Å². The highest BCUT2D eigenvalue weighted by Gasteiger charge is 2.53. The predicted octanol–water partition coefficient (Wildman–Crippen LogP) is 3.45. The van der Waals surface area contributed by atoms with Gasteiger partial charge in [-0.15, -0.1) is 10.2 Å². The largest absolute Gasteiger partial charge is 0.314 e. The van der Waals surface area contributed by atoms with Crippen molar-refractivity contribution in [2.24, 2.45) is 5.41 Å². The Kier molecular flexibility index (Phi) is 3.98. The second-order valence-corrected chi connectivity index (χ2v) is 11.5. The number of fused-ring (bicyclic) bond motifs is 1. The Labute approximate surface area is 172 Å². The molecule has 29 heavy (non-hydrogen) atoms. The fraction of sp³-hybridized carbons (Fsp3) is 0.636. The third-order valence-electron chi connectivity index (χ3n) is 7.78. The monoisotopic (exact) mass is 412 g/mol. The summed E-state index contributed by atoms with van der Waals surface area (Å²) in [6.07, 6.45) is 12.0. The zero-order valence-electron chi connectivity index (χ0n) is 16.8. The number of sulfonamides is 1. The van der Waals surface area contributed by atoms with E-state index in [1.807, 2.05) is 24.5 Å². The summed E-state index contributed by atoms with van der Waals surface area (Å²) < 4.78 is 31.2. The molecule has 1 aromatic carbocycles. The SMILES string of the molecule is O=S(=O)(c1ccc2c(c1)CCC2)N1CC(c2nncn2C2CC2)C2(CCCC2)C1. The van der Waals surface area contributed by atoms with Crippen molar-refractivity contribution in [3.8, 4) is 0 Å². The van der Waals surface area contributed by atoms with Gasteiger partial charge in [-0.3, -0.25) is 0 Å². The summed E-state index contributed by atoms with van der Waals surface area (Å²) in [7, 11) is -3.49. The van der Waals surface area contributed by atoms with Crippen LogP contribution in [-0.2, 0) is 22.9 Å². The summed E-state index contributed by atoms with van der Waals surface area (Å²) in [5, 5.41) is 8.72. The number of hydrogen-bond donors (Lipinski definition) is 0. The number of aromatic nitrogens is 3. The maximum absolute atomic E-state index is 13.6. The van der Waals surface area contributed by atoms with Gasteiger partial charge in [0.05, 0.1) is 4.90 Å². The lowest BCUT2D eigenvalue weighted by molar-refractivity contribution is 0.272. The first-order chi connectivity index (χ1) is 14.1. The van der Waals surface area contributed by atoms with Crippen molar-refractivity contribution in [3.63, 3.8) is 0 Å². The Morgan fingerprint density at radius 3 is 2.62 bits per heavy atom. The standard InChI is InChI=1S/C22H28N4O2S/c27-29(28,19-9-6-16-4-3-5-17(16)12-19)25-13-20(22(14-25)10-1-2-11-22)21-24-23-15-26(21)18-7-8-18/h6,9,12,15,18,20H,1-5,7-8,10-11,13-14H2. The van der Waals surface area contributed by atoms with Crippen LogP contribution >= 0.6 is 0 Å². The molecule has 1 aliphatic heterocycles. The minimum atomic E-state index is -3.49. The molecule has 7 heteroatoms. The first-order valence-corrected chi connectivity index (χ1v) is 12.5. The van der Waals surface area contributed by atoms with Crippen molar-refractivity contribution in [2.45, 2.75) is 74.6 Å². The van der Waals surface area contributed by atoms with Crippen molar-refractivity contribution in [3.05, 3.63) is 41.5 Å². The molecule has 0 amide bonds. The van der Waals surface area contributed by atoms with Gasteiger partial charge in [-0.1, -0.05) is 18.9 Å². The van der Waals surface area contributed by atoms with Gasteiger partial charge in [-0.05, 0) is 73.6 Å². The lowest BCUT2D eigenvalue weighted by atomic mass is 9.76. The van der Waals surface area contributed by atoms with Crippen LogP contribution in [-0.4, -0.2) is 40.6 Å². The average Bonchev–Trinajstić information content (AvgIpc) is 3.18. The lowest BCUT2D eigenvalue weighted by Crippen LogP contribution is -2.31. The smallest absolute Gasteiger partial charge is 0.243 e. The van der Waals surface area contributed by atoms with E-state index in [0.717, 1.165) is 37.9 Å². The van der Waals surface area contributed by atoms with Crippen LogP contribution in [0.5, 0.6) is 0 Å². The van der Waals surface area contributed by atoms with E-state index in [0.29, 0.717) is 24.0 Å². The van der Waals surface area contributed by atoms with Crippen LogP contribution in [0.15, 0.2) is 29.4 Å². The molecule has 0 N–H and O–H groups in total. The Bertz CT molecular complexity index is 1050. The van der Waals surface area contributed by atoms with Gasteiger partial charge in [0.25, 0.3) is 0 Å². The van der Waals surface area contributed by atoms with E-state index in [9.17, 15) is 8.42 Å². The molecule has 0 radical (unpaired) electrons. The second kappa shape index (κ2) is 6.38. The first-order valence-electron chi connectivity index (χ1n) is 11.1. The molecular formula is C22H28N4O2S. The van der Waals surface area contributed by atoms with Crippen LogP contribution in [0.3, 0.4) is 0 Å². The molecule has 3 fully saturated rings. The van der Waals surface area contributed by atoms with Gasteiger partial charge in [0.2, 0.25) is 10.0 Å². The molecule has 1 atom stereocenters. The zero-order chi connectivity index (χ0) is 19.6. The van der Waals surface area contributed by atoms with Crippen LogP contribution in [0.25, 0.3) is 0 Å². The summed E-state index contributed by atoms with van der Waals surface area (Å²) in [5.74, 6) is 1.17. The fourth-order valence-electron chi connectivity index (χ4n) is 6.04. The molecular weight excluding hydrogens is 384 g/mol. The van der Waals surface area contributed by atoms with E-state index >= 15 is 0 Å². The highest BCUT2D eigenvalue weighted by molar-refractivity contribution is 7.89. The van der Waals surface area contributed by atoms with Crippen molar-refractivity contribution in [1.82, 2.24) is 19.1 Å². The topological polar surface area (TPSA) is 68.1 Å². The van der Waals surface area contributed by atoms with Crippen LogP contribution in [0.4, 0.5) is 0 Å². The number of rotatable bonds is 4. The summed E-state index contributed by atoms with van der Waals surface area (Å²) in [4.78, 5) is 0.468. The molecule has 2 aromatic rings. The number of nitrogens with zero attached hydrogens (tertiary/aromatic N) is 4. The summed E-state index contributed by atoms with van der Waals surface area (Å²) >= 11 is 0. The minimum Gasteiger partial charge on any atom is -0.314 e. The number of hydrogen-bond acceptors (Lipinski definition) is 4. The highest BCUT2D eigenvalue weighted by atomic mass is 32.2. The van der Waals surface area contributed by atoms with Crippen LogP contribution < -0.4 is 0 Å². The van der Waals surface area contributed by atoms with Gasteiger partial charge < -0.3 is 4.57 Å². The maximum atomic E-state index is 13.6. The molecule has 6 rings (SSSR count). The third kappa shape index (κ3) is 2.81. The molecule has 6 nitrogen and oxygen atoms in total. The average molecular weight is 413 g/mol. The molecule has 3 aliphatic carbocycles. The summed E-state index contributed by atoms with van der Waals surface area (Å²) in [5.41, 5.74) is 2.54. The Morgan fingerprint density at radius 1 is 1.03 bits per heavy atom. The molecule has 1 unspecified atom stereocenters. The van der Waals surface area contributed by atoms with Gasteiger partial charge in [-0.2, -0.15) is 4.31 Å². The maximum Gasteiger partial charge on any atom is 0.243 e. The van der Waals surface area contributed by atoms with Crippen molar-refractivity contribution in [2.75, 3.05) is 13.1 Å². The van der Waals surface area contributed by atoms with Crippen molar-refractivity contribution < 1.29 is 8.42 Å². The van der Waals surface area contributed by atoms with Crippen LogP contribution in [0, 0.1) is 5.41 Å². The Morgan fingerprint density at radius 2 is 1.83 bits per heavy atom. The Balaban J connectivity index is 1.36. The van der Waals surface area contributed by atoms with Gasteiger partial charge in [0.15, 0.2) is 0 Å². The van der Waals surface area contributed by atoms with E-state index in [2.05, 4.69) is 14.8 Å². The van der Waals surface area contributed by atoms with Crippen molar-refractivity contribution in [1.29, 1.82) is 0 Å². The normalized spacial score (nSPS) is 26.4. The van der Waals surface area contributed by atoms with E-state index in [1.165, 1.54) is 36.8 Å². The molecule has 0 bridgehead atoms. The quantitative estimate of drug-likeness (QED) is 0.771. The molecule has 154 valence electrons. The van der Waals surface area contributed by atoms with E-state index in [1.54, 1.807) is 4.31 Å². The Hall–Kier alpha value is -1.73. The molecule has 1 aromatic heterocycles. The number of aryl methyl sites for hydroxylation is 2. The highest BCUT2D eigenvalue weighted by Crippen LogP contribution is 2.54. The molecule has 2 saturated carbocycles. The summed E-state index contributed by atoms with van der Waals surface area (Å²) in [6, 6.07) is 6.29.